The number of nitrogens with one attached hydrogen (secondary N) is 2. The minimum Gasteiger partial charge on any atom is -0.369 e. The van der Waals surface area contributed by atoms with Crippen LogP contribution < -0.4 is 10.9 Å². The molecule has 0 aromatic carbocycles. The summed E-state index contributed by atoms with van der Waals surface area (Å²) >= 11 is 5.56. The summed E-state index contributed by atoms with van der Waals surface area (Å²) in [4.78, 5) is 19.1. The highest BCUT2D eigenvalue weighted by molar-refractivity contribution is 6.29. The number of amides is 1. The van der Waals surface area contributed by atoms with Crippen molar-refractivity contribution in [3.8, 4) is 0 Å². The van der Waals surface area contributed by atoms with E-state index in [1.165, 1.54) is 12.4 Å². The smallest absolute Gasteiger partial charge is 0.267 e. The molecule has 1 atom stereocenters. The van der Waals surface area contributed by atoms with E-state index in [1.807, 2.05) is 6.92 Å². The van der Waals surface area contributed by atoms with Gasteiger partial charge in [0, 0.05) is 6.61 Å². The van der Waals surface area contributed by atoms with Crippen LogP contribution in [-0.2, 0) is 9.53 Å². The fourth-order valence-electron chi connectivity index (χ4n) is 0.930. The lowest BCUT2D eigenvalue weighted by molar-refractivity contribution is -0.130. The van der Waals surface area contributed by atoms with Crippen molar-refractivity contribution < 1.29 is 9.53 Å². The Bertz CT molecular complexity index is 344. The number of carbonyl (C=O) groups excluding carboxylic acids is 1. The van der Waals surface area contributed by atoms with Gasteiger partial charge in [-0.1, -0.05) is 11.6 Å². The average molecular weight is 245 g/mol. The van der Waals surface area contributed by atoms with Crippen molar-refractivity contribution in [1.82, 2.24) is 15.4 Å². The van der Waals surface area contributed by atoms with Crippen LogP contribution in [0.25, 0.3) is 0 Å². The molecule has 0 aliphatic heterocycles. The average Bonchev–Trinajstić information content (AvgIpc) is 2.28. The lowest BCUT2D eigenvalue weighted by Crippen LogP contribution is -2.38. The third-order valence-electron chi connectivity index (χ3n) is 1.72. The number of hydrogen-bond acceptors (Lipinski definition) is 5. The number of carbonyl (C=O) groups is 1. The summed E-state index contributed by atoms with van der Waals surface area (Å²) in [6, 6.07) is 0. The molecule has 0 spiro atoms. The molecule has 88 valence electrons. The predicted molar refractivity (Wildman–Crippen MR) is 59.9 cm³/mol. The summed E-state index contributed by atoms with van der Waals surface area (Å²) in [6.45, 7) is 3.96. The molecule has 0 saturated heterocycles. The molecule has 16 heavy (non-hydrogen) atoms. The third kappa shape index (κ3) is 4.00. The number of hydrazine groups is 1. The van der Waals surface area contributed by atoms with Gasteiger partial charge < -0.3 is 4.74 Å². The van der Waals surface area contributed by atoms with Gasteiger partial charge in [0.15, 0.2) is 5.82 Å². The Morgan fingerprint density at radius 2 is 2.31 bits per heavy atom. The highest BCUT2D eigenvalue weighted by atomic mass is 35.5. The van der Waals surface area contributed by atoms with E-state index in [-0.39, 0.29) is 5.91 Å². The molecule has 0 saturated carbocycles. The van der Waals surface area contributed by atoms with E-state index >= 15 is 0 Å². The Morgan fingerprint density at radius 1 is 1.56 bits per heavy atom. The van der Waals surface area contributed by atoms with Crippen LogP contribution in [0.3, 0.4) is 0 Å². The normalized spacial score (nSPS) is 11.9. The largest absolute Gasteiger partial charge is 0.369 e. The maximum atomic E-state index is 11.4. The van der Waals surface area contributed by atoms with Crippen molar-refractivity contribution in [2.75, 3.05) is 12.0 Å². The van der Waals surface area contributed by atoms with Gasteiger partial charge >= 0.3 is 0 Å². The highest BCUT2D eigenvalue weighted by Gasteiger charge is 2.11. The van der Waals surface area contributed by atoms with Crippen molar-refractivity contribution in [1.29, 1.82) is 0 Å². The van der Waals surface area contributed by atoms with Gasteiger partial charge in [0.05, 0.1) is 12.4 Å². The van der Waals surface area contributed by atoms with Crippen LogP contribution in [0.4, 0.5) is 5.82 Å². The predicted octanol–water partition coefficient (Wildman–Crippen LogP) is 0.998. The van der Waals surface area contributed by atoms with Crippen LogP contribution in [0.2, 0.25) is 5.15 Å². The molecule has 1 rings (SSSR count). The molecule has 1 aromatic rings. The second-order valence-electron chi connectivity index (χ2n) is 2.94. The molecular formula is C9H13ClN4O2. The second-order valence-corrected chi connectivity index (χ2v) is 3.32. The van der Waals surface area contributed by atoms with E-state index in [1.54, 1.807) is 6.92 Å². The zero-order chi connectivity index (χ0) is 12.0. The third-order valence-corrected chi connectivity index (χ3v) is 1.92. The van der Waals surface area contributed by atoms with Crippen LogP contribution in [0.5, 0.6) is 0 Å². The number of ether oxygens (including phenoxy) is 1. The molecule has 1 amide bonds. The molecule has 6 nitrogen and oxygen atoms in total. The van der Waals surface area contributed by atoms with Crippen LogP contribution in [0, 0.1) is 0 Å². The topological polar surface area (TPSA) is 76.1 Å². The fraction of sp³-hybridized carbons (Fsp3) is 0.444. The van der Waals surface area contributed by atoms with E-state index in [4.69, 9.17) is 16.3 Å². The van der Waals surface area contributed by atoms with Gasteiger partial charge in [-0.3, -0.25) is 15.6 Å². The summed E-state index contributed by atoms with van der Waals surface area (Å²) in [5.74, 6) is 0.125. The number of hydrogen-bond donors (Lipinski definition) is 2. The first-order chi connectivity index (χ1) is 7.63. The first kappa shape index (κ1) is 12.7. The molecule has 7 heteroatoms. The van der Waals surface area contributed by atoms with Crippen LogP contribution in [-0.4, -0.2) is 28.6 Å². The summed E-state index contributed by atoms with van der Waals surface area (Å²) in [6.07, 6.45) is 2.27. The van der Waals surface area contributed by atoms with Crippen molar-refractivity contribution >= 4 is 23.3 Å². The molecule has 2 N–H and O–H groups in total. The van der Waals surface area contributed by atoms with Crippen LogP contribution >= 0.6 is 11.6 Å². The molecule has 0 aliphatic rings. The van der Waals surface area contributed by atoms with Gasteiger partial charge in [0.2, 0.25) is 0 Å². The first-order valence-corrected chi connectivity index (χ1v) is 5.16. The van der Waals surface area contributed by atoms with Crippen molar-refractivity contribution in [3.05, 3.63) is 17.5 Å². The monoisotopic (exact) mass is 244 g/mol. The molecular weight excluding hydrogens is 232 g/mol. The Hall–Kier alpha value is -1.40. The number of aromatic nitrogens is 2. The van der Waals surface area contributed by atoms with Crippen LogP contribution in [0.1, 0.15) is 13.8 Å². The second kappa shape index (κ2) is 6.24. The molecule has 0 radical (unpaired) electrons. The fourth-order valence-corrected chi connectivity index (χ4v) is 1.03. The zero-order valence-corrected chi connectivity index (χ0v) is 9.78. The van der Waals surface area contributed by atoms with Crippen LogP contribution in [0.15, 0.2) is 12.4 Å². The van der Waals surface area contributed by atoms with Gasteiger partial charge in [-0.05, 0) is 13.8 Å². The minimum atomic E-state index is -0.516. The van der Waals surface area contributed by atoms with Gasteiger partial charge in [0.1, 0.15) is 11.3 Å². The Labute approximate surface area is 98.3 Å². The van der Waals surface area contributed by atoms with Gasteiger partial charge in [-0.15, -0.1) is 0 Å². The molecule has 0 unspecified atom stereocenters. The van der Waals surface area contributed by atoms with E-state index in [0.717, 1.165) is 0 Å². The Kier molecular flexibility index (Phi) is 4.94. The van der Waals surface area contributed by atoms with Crippen molar-refractivity contribution in [2.24, 2.45) is 0 Å². The van der Waals surface area contributed by atoms with Crippen molar-refractivity contribution in [2.45, 2.75) is 20.0 Å². The van der Waals surface area contributed by atoms with E-state index in [9.17, 15) is 4.79 Å². The maximum Gasteiger partial charge on any atom is 0.267 e. The van der Waals surface area contributed by atoms with Crippen molar-refractivity contribution in [3.63, 3.8) is 0 Å². The van der Waals surface area contributed by atoms with E-state index < -0.39 is 6.10 Å². The summed E-state index contributed by atoms with van der Waals surface area (Å²) in [5, 5.41) is 0.291. The van der Waals surface area contributed by atoms with E-state index in [0.29, 0.717) is 17.6 Å². The SMILES string of the molecule is CCO[C@@H](C)C(=O)NNc1cnc(Cl)cn1. The van der Waals surface area contributed by atoms with Gasteiger partial charge in [-0.25, -0.2) is 9.97 Å². The quantitative estimate of drug-likeness (QED) is 0.756. The molecule has 1 heterocycles. The number of anilines is 1. The lowest BCUT2D eigenvalue weighted by atomic mass is 10.4. The van der Waals surface area contributed by atoms with Gasteiger partial charge in [-0.2, -0.15) is 0 Å². The molecule has 0 bridgehead atoms. The standard InChI is InChI=1S/C9H13ClN4O2/c1-3-16-6(2)9(15)14-13-8-5-11-7(10)4-12-8/h4-6H,3H2,1-2H3,(H,12,13)(H,14,15)/t6-/m0/s1. The number of nitrogens with zero attached hydrogens (tertiary/aromatic N) is 2. The highest BCUT2D eigenvalue weighted by Crippen LogP contribution is 2.03. The number of rotatable bonds is 5. The summed E-state index contributed by atoms with van der Waals surface area (Å²) in [7, 11) is 0. The molecule has 0 fully saturated rings. The number of halogens is 1. The molecule has 1 aromatic heterocycles. The first-order valence-electron chi connectivity index (χ1n) is 4.78. The summed E-state index contributed by atoms with van der Waals surface area (Å²) in [5.41, 5.74) is 5.04. The van der Waals surface area contributed by atoms with E-state index in [2.05, 4.69) is 20.8 Å². The Morgan fingerprint density at radius 3 is 2.88 bits per heavy atom. The minimum absolute atomic E-state index is 0.279. The lowest BCUT2D eigenvalue weighted by Gasteiger charge is -2.12. The zero-order valence-electron chi connectivity index (χ0n) is 9.03. The maximum absolute atomic E-state index is 11.4. The Balaban J connectivity index is 2.39. The molecule has 0 aliphatic carbocycles. The van der Waals surface area contributed by atoms with Gasteiger partial charge in [0.25, 0.3) is 5.91 Å². The summed E-state index contributed by atoms with van der Waals surface area (Å²) < 4.78 is 5.10.